The molecule has 0 unspecified atom stereocenters. The van der Waals surface area contributed by atoms with E-state index in [-0.39, 0.29) is 5.91 Å². The Morgan fingerprint density at radius 2 is 1.77 bits per heavy atom. The van der Waals surface area contributed by atoms with Gasteiger partial charge in [-0.15, -0.1) is 0 Å². The van der Waals surface area contributed by atoms with Crippen LogP contribution in [0.2, 0.25) is 0 Å². The maximum atomic E-state index is 12.8. The van der Waals surface area contributed by atoms with Crippen LogP contribution in [0.25, 0.3) is 0 Å². The molecule has 0 N–H and O–H groups in total. The number of hydrogen-bond donors (Lipinski definition) is 0. The summed E-state index contributed by atoms with van der Waals surface area (Å²) >= 11 is 0. The number of carbonyl (C=O) groups excluding carboxylic acids is 1. The third-order valence-electron chi connectivity index (χ3n) is 5.46. The molecule has 1 heterocycles. The van der Waals surface area contributed by atoms with Crippen LogP contribution in [-0.4, -0.2) is 74.7 Å². The molecule has 3 rings (SSSR count). The van der Waals surface area contributed by atoms with Crippen LogP contribution >= 0.6 is 0 Å². The molecule has 1 saturated heterocycles. The fourth-order valence-corrected chi connectivity index (χ4v) is 4.76. The zero-order chi connectivity index (χ0) is 18.9. The minimum atomic E-state index is -3.47. The Kier molecular flexibility index (Phi) is 5.69. The second-order valence-corrected chi connectivity index (χ2v) is 9.58. The van der Waals surface area contributed by atoms with Crippen LogP contribution in [0.4, 0.5) is 0 Å². The molecular formula is C19H29N3O3S. The van der Waals surface area contributed by atoms with Gasteiger partial charge in [-0.05, 0) is 55.9 Å². The number of sulfonamides is 1. The number of likely N-dealkylation sites (N-methyl/N-ethyl adjacent to an activating group) is 1. The zero-order valence-corrected chi connectivity index (χ0v) is 16.8. The Morgan fingerprint density at radius 3 is 2.35 bits per heavy atom. The standard InChI is InChI=1S/C19H29N3O3S/c1-15-4-7-18(12-16(15)2)26(24,25)22-10-8-21(9-11-22)14-19(23)20(3)13-17-5-6-17/h4,7,12,17H,5-6,8-11,13-14H2,1-3H3. The summed E-state index contributed by atoms with van der Waals surface area (Å²) in [6.45, 7) is 7.16. The maximum Gasteiger partial charge on any atom is 0.243 e. The van der Waals surface area contributed by atoms with Crippen molar-refractivity contribution < 1.29 is 13.2 Å². The molecule has 26 heavy (non-hydrogen) atoms. The average molecular weight is 380 g/mol. The van der Waals surface area contributed by atoms with E-state index in [1.807, 2.05) is 31.9 Å². The van der Waals surface area contributed by atoms with Crippen molar-refractivity contribution in [2.45, 2.75) is 31.6 Å². The van der Waals surface area contributed by atoms with Crippen molar-refractivity contribution >= 4 is 15.9 Å². The molecule has 0 spiro atoms. The molecule has 0 radical (unpaired) electrons. The van der Waals surface area contributed by atoms with E-state index in [1.165, 1.54) is 17.1 Å². The van der Waals surface area contributed by atoms with Crippen LogP contribution in [-0.2, 0) is 14.8 Å². The van der Waals surface area contributed by atoms with Gasteiger partial charge in [0.2, 0.25) is 15.9 Å². The Hall–Kier alpha value is -1.44. The molecule has 1 aliphatic carbocycles. The van der Waals surface area contributed by atoms with Gasteiger partial charge in [0.05, 0.1) is 11.4 Å². The molecule has 1 aromatic rings. The van der Waals surface area contributed by atoms with E-state index in [0.717, 1.165) is 17.7 Å². The van der Waals surface area contributed by atoms with E-state index in [9.17, 15) is 13.2 Å². The summed E-state index contributed by atoms with van der Waals surface area (Å²) in [5, 5.41) is 0. The number of amides is 1. The number of nitrogens with zero attached hydrogens (tertiary/aromatic N) is 3. The lowest BCUT2D eigenvalue weighted by atomic mass is 10.1. The van der Waals surface area contributed by atoms with Crippen LogP contribution in [0.15, 0.2) is 23.1 Å². The normalized spacial score (nSPS) is 19.5. The summed E-state index contributed by atoms with van der Waals surface area (Å²) in [4.78, 5) is 16.5. The van der Waals surface area contributed by atoms with Gasteiger partial charge in [-0.1, -0.05) is 6.07 Å². The SMILES string of the molecule is Cc1ccc(S(=O)(=O)N2CCN(CC(=O)N(C)CC3CC3)CC2)cc1C. The van der Waals surface area contributed by atoms with Gasteiger partial charge in [-0.25, -0.2) is 8.42 Å². The van der Waals surface area contributed by atoms with E-state index in [2.05, 4.69) is 4.90 Å². The van der Waals surface area contributed by atoms with Crippen molar-refractivity contribution in [3.8, 4) is 0 Å². The van der Waals surface area contributed by atoms with Crippen LogP contribution in [0.1, 0.15) is 24.0 Å². The molecule has 6 nitrogen and oxygen atoms in total. The lowest BCUT2D eigenvalue weighted by molar-refractivity contribution is -0.131. The number of aryl methyl sites for hydroxylation is 2. The van der Waals surface area contributed by atoms with E-state index >= 15 is 0 Å². The van der Waals surface area contributed by atoms with Crippen molar-refractivity contribution in [3.63, 3.8) is 0 Å². The molecule has 1 aromatic carbocycles. The highest BCUT2D eigenvalue weighted by Crippen LogP contribution is 2.29. The third kappa shape index (κ3) is 4.45. The summed E-state index contributed by atoms with van der Waals surface area (Å²) < 4.78 is 27.2. The predicted molar refractivity (Wildman–Crippen MR) is 101 cm³/mol. The van der Waals surface area contributed by atoms with E-state index in [1.54, 1.807) is 12.1 Å². The fourth-order valence-electron chi connectivity index (χ4n) is 3.25. The first kappa shape index (κ1) is 19.3. The van der Waals surface area contributed by atoms with Crippen LogP contribution < -0.4 is 0 Å². The van der Waals surface area contributed by atoms with E-state index < -0.39 is 10.0 Å². The molecule has 0 bridgehead atoms. The Labute approximate surface area is 156 Å². The molecule has 144 valence electrons. The summed E-state index contributed by atoms with van der Waals surface area (Å²) in [6, 6.07) is 5.28. The van der Waals surface area contributed by atoms with Gasteiger partial charge >= 0.3 is 0 Å². The highest BCUT2D eigenvalue weighted by molar-refractivity contribution is 7.89. The summed E-state index contributed by atoms with van der Waals surface area (Å²) in [6.07, 6.45) is 2.46. The molecule has 2 fully saturated rings. The van der Waals surface area contributed by atoms with E-state index in [4.69, 9.17) is 0 Å². The number of benzene rings is 1. The molecule has 2 aliphatic rings. The Balaban J connectivity index is 1.55. The number of rotatable bonds is 6. The topological polar surface area (TPSA) is 60.9 Å². The summed E-state index contributed by atoms with van der Waals surface area (Å²) in [7, 11) is -1.60. The molecule has 1 saturated carbocycles. The monoisotopic (exact) mass is 379 g/mol. The molecule has 7 heteroatoms. The number of hydrogen-bond acceptors (Lipinski definition) is 4. The minimum Gasteiger partial charge on any atom is -0.344 e. The van der Waals surface area contributed by atoms with Crippen molar-refractivity contribution in [3.05, 3.63) is 29.3 Å². The van der Waals surface area contributed by atoms with Gasteiger partial charge in [0.15, 0.2) is 0 Å². The van der Waals surface area contributed by atoms with Crippen LogP contribution in [0.5, 0.6) is 0 Å². The predicted octanol–water partition coefficient (Wildman–Crippen LogP) is 1.48. The minimum absolute atomic E-state index is 0.127. The number of piperazine rings is 1. The molecule has 1 aliphatic heterocycles. The van der Waals surface area contributed by atoms with Gasteiger partial charge in [0, 0.05) is 39.8 Å². The first-order valence-corrected chi connectivity index (χ1v) is 10.7. The largest absolute Gasteiger partial charge is 0.344 e. The average Bonchev–Trinajstić information content (AvgIpc) is 3.41. The molecule has 0 atom stereocenters. The zero-order valence-electron chi connectivity index (χ0n) is 15.9. The van der Waals surface area contributed by atoms with Crippen molar-refractivity contribution in [1.82, 2.24) is 14.1 Å². The quantitative estimate of drug-likeness (QED) is 0.751. The summed E-state index contributed by atoms with van der Waals surface area (Å²) in [5.74, 6) is 0.811. The van der Waals surface area contributed by atoms with Crippen LogP contribution in [0, 0.1) is 19.8 Å². The summed E-state index contributed by atoms with van der Waals surface area (Å²) in [5.41, 5.74) is 2.07. The second-order valence-electron chi connectivity index (χ2n) is 7.64. The highest BCUT2D eigenvalue weighted by Gasteiger charge is 2.30. The lowest BCUT2D eigenvalue weighted by Crippen LogP contribution is -2.51. The van der Waals surface area contributed by atoms with Gasteiger partial charge in [-0.2, -0.15) is 4.31 Å². The van der Waals surface area contributed by atoms with Gasteiger partial charge < -0.3 is 4.90 Å². The third-order valence-corrected chi connectivity index (χ3v) is 7.36. The molecule has 0 aromatic heterocycles. The van der Waals surface area contributed by atoms with E-state index in [0.29, 0.717) is 43.5 Å². The number of carbonyl (C=O) groups is 1. The maximum absolute atomic E-state index is 12.8. The first-order valence-electron chi connectivity index (χ1n) is 9.31. The Bertz CT molecular complexity index is 766. The molecular weight excluding hydrogens is 350 g/mol. The second kappa shape index (κ2) is 7.66. The fraction of sp³-hybridized carbons (Fsp3) is 0.632. The van der Waals surface area contributed by atoms with Crippen molar-refractivity contribution in [1.29, 1.82) is 0 Å². The molecule has 1 amide bonds. The van der Waals surface area contributed by atoms with Crippen molar-refractivity contribution in [2.24, 2.45) is 5.92 Å². The van der Waals surface area contributed by atoms with Gasteiger partial charge in [0.1, 0.15) is 0 Å². The van der Waals surface area contributed by atoms with Gasteiger partial charge in [0.25, 0.3) is 0 Å². The van der Waals surface area contributed by atoms with Crippen molar-refractivity contribution in [2.75, 3.05) is 46.3 Å². The first-order chi connectivity index (χ1) is 12.3. The van der Waals surface area contributed by atoms with Gasteiger partial charge in [-0.3, -0.25) is 9.69 Å². The smallest absolute Gasteiger partial charge is 0.243 e. The van der Waals surface area contributed by atoms with Crippen LogP contribution in [0.3, 0.4) is 0 Å². The lowest BCUT2D eigenvalue weighted by Gasteiger charge is -2.34. The highest BCUT2D eigenvalue weighted by atomic mass is 32.2. The Morgan fingerprint density at radius 1 is 1.12 bits per heavy atom.